The van der Waals surface area contributed by atoms with Crippen molar-refractivity contribution in [3.05, 3.63) is 78.4 Å². The molecule has 2 atom stereocenters. The van der Waals surface area contributed by atoms with Gasteiger partial charge in [0.25, 0.3) is 0 Å². The molecular weight excluding hydrogens is 310 g/mol. The molecular formula is C22H25NO2. The van der Waals surface area contributed by atoms with Crippen LogP contribution in [0.1, 0.15) is 36.4 Å². The monoisotopic (exact) mass is 335 g/mol. The van der Waals surface area contributed by atoms with Crippen molar-refractivity contribution in [1.82, 2.24) is 4.90 Å². The van der Waals surface area contributed by atoms with Crippen molar-refractivity contribution in [2.75, 3.05) is 6.54 Å². The van der Waals surface area contributed by atoms with E-state index in [1.54, 1.807) is 12.1 Å². The molecule has 25 heavy (non-hydrogen) atoms. The molecule has 1 amide bonds. The normalized spacial score (nSPS) is 20.0. The number of nitrogens with zero attached hydrogens (tertiary/aromatic N) is 1. The summed E-state index contributed by atoms with van der Waals surface area (Å²) in [4.78, 5) is 14.8. The lowest BCUT2D eigenvalue weighted by Crippen LogP contribution is -2.30. The maximum absolute atomic E-state index is 12.8. The lowest BCUT2D eigenvalue weighted by Gasteiger charge is -2.25. The van der Waals surface area contributed by atoms with E-state index in [0.717, 1.165) is 37.8 Å². The molecule has 1 aliphatic rings. The van der Waals surface area contributed by atoms with E-state index in [1.165, 1.54) is 5.56 Å². The Morgan fingerprint density at radius 1 is 1.12 bits per heavy atom. The highest BCUT2D eigenvalue weighted by atomic mass is 16.3. The Labute approximate surface area is 149 Å². The molecule has 2 aromatic rings. The standard InChI is InChI=1S/C22H25NO2/c1-2-7-19-16-21(18-11-13-20(24)14-12-18)23(22(19)25)15-6-10-17-8-4-3-5-9-17/h2-5,8-9,11-14,19,21,24H,1,6-7,10,15-16H2. The topological polar surface area (TPSA) is 40.5 Å². The van der Waals surface area contributed by atoms with Gasteiger partial charge < -0.3 is 10.0 Å². The molecule has 1 N–H and O–H groups in total. The van der Waals surface area contributed by atoms with E-state index >= 15 is 0 Å². The number of hydrogen-bond acceptors (Lipinski definition) is 2. The van der Waals surface area contributed by atoms with Gasteiger partial charge in [-0.3, -0.25) is 4.79 Å². The number of aromatic hydroxyl groups is 1. The van der Waals surface area contributed by atoms with Crippen molar-refractivity contribution in [2.24, 2.45) is 5.92 Å². The third-order valence-corrected chi connectivity index (χ3v) is 4.95. The molecule has 1 saturated heterocycles. The summed E-state index contributed by atoms with van der Waals surface area (Å²) in [6.07, 6.45) is 5.30. The number of carbonyl (C=O) groups is 1. The van der Waals surface area contributed by atoms with Crippen molar-refractivity contribution in [3.63, 3.8) is 0 Å². The van der Waals surface area contributed by atoms with Crippen LogP contribution < -0.4 is 0 Å². The van der Waals surface area contributed by atoms with Crippen LogP contribution >= 0.6 is 0 Å². The Morgan fingerprint density at radius 3 is 2.52 bits per heavy atom. The first-order valence-corrected chi connectivity index (χ1v) is 8.93. The maximum Gasteiger partial charge on any atom is 0.226 e. The summed E-state index contributed by atoms with van der Waals surface area (Å²) in [5.41, 5.74) is 2.40. The lowest BCUT2D eigenvalue weighted by molar-refractivity contribution is -0.132. The summed E-state index contributed by atoms with van der Waals surface area (Å²) in [5, 5.41) is 9.53. The summed E-state index contributed by atoms with van der Waals surface area (Å²) in [6.45, 7) is 4.55. The van der Waals surface area contributed by atoms with Gasteiger partial charge in [0.1, 0.15) is 5.75 Å². The van der Waals surface area contributed by atoms with E-state index in [-0.39, 0.29) is 23.6 Å². The number of phenols is 1. The largest absolute Gasteiger partial charge is 0.508 e. The first-order chi connectivity index (χ1) is 12.2. The minimum atomic E-state index is 0.0213. The van der Waals surface area contributed by atoms with Crippen molar-refractivity contribution in [2.45, 2.75) is 31.7 Å². The predicted octanol–water partition coefficient (Wildman–Crippen LogP) is 4.49. The molecule has 0 aliphatic carbocycles. The van der Waals surface area contributed by atoms with Crippen LogP contribution in [0.4, 0.5) is 0 Å². The van der Waals surface area contributed by atoms with Gasteiger partial charge in [-0.2, -0.15) is 0 Å². The van der Waals surface area contributed by atoms with Gasteiger partial charge >= 0.3 is 0 Å². The van der Waals surface area contributed by atoms with E-state index in [4.69, 9.17) is 0 Å². The number of rotatable bonds is 7. The Bertz CT molecular complexity index is 709. The molecule has 0 saturated carbocycles. The Balaban J connectivity index is 1.71. The van der Waals surface area contributed by atoms with Crippen LogP contribution in [0.25, 0.3) is 0 Å². The molecule has 0 bridgehead atoms. The van der Waals surface area contributed by atoms with E-state index in [2.05, 4.69) is 30.8 Å². The summed E-state index contributed by atoms with van der Waals surface area (Å²) in [6, 6.07) is 17.7. The van der Waals surface area contributed by atoms with Crippen LogP contribution in [-0.2, 0) is 11.2 Å². The van der Waals surface area contributed by atoms with Crippen LogP contribution in [0.5, 0.6) is 5.75 Å². The zero-order valence-corrected chi connectivity index (χ0v) is 14.5. The Kier molecular flexibility index (Phi) is 5.54. The molecule has 2 unspecified atom stereocenters. The first-order valence-electron chi connectivity index (χ1n) is 8.93. The second kappa shape index (κ2) is 8.02. The van der Waals surface area contributed by atoms with Gasteiger partial charge in [-0.1, -0.05) is 48.5 Å². The van der Waals surface area contributed by atoms with Crippen LogP contribution in [0.15, 0.2) is 67.3 Å². The van der Waals surface area contributed by atoms with Crippen molar-refractivity contribution in [3.8, 4) is 5.75 Å². The van der Waals surface area contributed by atoms with Gasteiger partial charge in [-0.15, -0.1) is 6.58 Å². The van der Waals surface area contributed by atoms with E-state index < -0.39 is 0 Å². The van der Waals surface area contributed by atoms with Gasteiger partial charge in [0.15, 0.2) is 0 Å². The smallest absolute Gasteiger partial charge is 0.226 e. The van der Waals surface area contributed by atoms with Gasteiger partial charge in [0.05, 0.1) is 6.04 Å². The van der Waals surface area contributed by atoms with Crippen LogP contribution in [0.3, 0.4) is 0 Å². The van der Waals surface area contributed by atoms with Crippen LogP contribution in [-0.4, -0.2) is 22.5 Å². The number of hydrogen-bond donors (Lipinski definition) is 1. The quantitative estimate of drug-likeness (QED) is 0.757. The number of carbonyl (C=O) groups excluding carboxylic acids is 1. The fourth-order valence-corrected chi connectivity index (χ4v) is 3.66. The zero-order valence-electron chi connectivity index (χ0n) is 14.5. The van der Waals surface area contributed by atoms with E-state index in [9.17, 15) is 9.90 Å². The zero-order chi connectivity index (χ0) is 17.6. The summed E-state index contributed by atoms with van der Waals surface area (Å²) >= 11 is 0. The van der Waals surface area contributed by atoms with Gasteiger partial charge in [0.2, 0.25) is 5.91 Å². The molecule has 0 aromatic heterocycles. The summed E-state index contributed by atoms with van der Waals surface area (Å²) < 4.78 is 0. The van der Waals surface area contributed by atoms with Crippen molar-refractivity contribution in [1.29, 1.82) is 0 Å². The number of aryl methyl sites for hydroxylation is 1. The fraction of sp³-hybridized carbons (Fsp3) is 0.318. The first kappa shape index (κ1) is 17.3. The third-order valence-electron chi connectivity index (χ3n) is 4.95. The number of allylic oxidation sites excluding steroid dienone is 1. The number of benzene rings is 2. The third kappa shape index (κ3) is 4.11. The van der Waals surface area contributed by atoms with Gasteiger partial charge in [-0.05, 0) is 48.9 Å². The Morgan fingerprint density at radius 2 is 1.84 bits per heavy atom. The molecule has 3 rings (SSSR count). The molecule has 3 heteroatoms. The van der Waals surface area contributed by atoms with Crippen molar-refractivity contribution < 1.29 is 9.90 Å². The number of amides is 1. The molecule has 1 aliphatic heterocycles. The van der Waals surface area contributed by atoms with Crippen LogP contribution in [0.2, 0.25) is 0 Å². The molecule has 0 spiro atoms. The van der Waals surface area contributed by atoms with E-state index in [1.807, 2.05) is 29.2 Å². The maximum atomic E-state index is 12.8. The second-order valence-electron chi connectivity index (χ2n) is 6.69. The average Bonchev–Trinajstić information content (AvgIpc) is 2.93. The molecule has 0 radical (unpaired) electrons. The minimum absolute atomic E-state index is 0.0213. The second-order valence-corrected chi connectivity index (χ2v) is 6.69. The van der Waals surface area contributed by atoms with Crippen LogP contribution in [0, 0.1) is 5.92 Å². The fourth-order valence-electron chi connectivity index (χ4n) is 3.66. The number of likely N-dealkylation sites (tertiary alicyclic amines) is 1. The highest BCUT2D eigenvalue weighted by Crippen LogP contribution is 2.38. The SMILES string of the molecule is C=CCC1CC(c2ccc(O)cc2)N(CCCc2ccccc2)C1=O. The molecule has 130 valence electrons. The molecule has 3 nitrogen and oxygen atoms in total. The minimum Gasteiger partial charge on any atom is -0.508 e. The lowest BCUT2D eigenvalue weighted by atomic mass is 9.97. The summed E-state index contributed by atoms with van der Waals surface area (Å²) in [5.74, 6) is 0.505. The highest BCUT2D eigenvalue weighted by Gasteiger charge is 2.38. The van der Waals surface area contributed by atoms with Gasteiger partial charge in [-0.25, -0.2) is 0 Å². The van der Waals surface area contributed by atoms with Crippen molar-refractivity contribution >= 4 is 5.91 Å². The predicted molar refractivity (Wildman–Crippen MR) is 100 cm³/mol. The summed E-state index contributed by atoms with van der Waals surface area (Å²) in [7, 11) is 0. The molecule has 2 aromatic carbocycles. The number of phenolic OH excluding ortho intramolecular Hbond substituents is 1. The molecule has 1 fully saturated rings. The average molecular weight is 335 g/mol. The Hall–Kier alpha value is -2.55. The van der Waals surface area contributed by atoms with E-state index in [0.29, 0.717) is 0 Å². The molecule has 1 heterocycles. The highest BCUT2D eigenvalue weighted by molar-refractivity contribution is 5.82. The van der Waals surface area contributed by atoms with Gasteiger partial charge in [0, 0.05) is 12.5 Å².